The van der Waals surface area contributed by atoms with Gasteiger partial charge in [0.25, 0.3) is 5.91 Å². The number of hydrogen-bond donors (Lipinski definition) is 0. The number of amides is 1. The third-order valence-corrected chi connectivity index (χ3v) is 5.96. The molecule has 3 rings (SSSR count). The summed E-state index contributed by atoms with van der Waals surface area (Å²) in [6.07, 6.45) is 2.92. The topological polar surface area (TPSA) is 72.9 Å². The SMILES string of the molecule is COc1ccc(C2CCCN2C(=O)c2ccc(S(C)(=O)=O)cc2)cc1OC. The number of methoxy groups -OCH3 is 2. The molecular weight excluding hydrogens is 366 g/mol. The molecule has 6 nitrogen and oxygen atoms in total. The lowest BCUT2D eigenvalue weighted by molar-refractivity contribution is 0.0735. The Labute approximate surface area is 159 Å². The Morgan fingerprint density at radius 2 is 1.70 bits per heavy atom. The summed E-state index contributed by atoms with van der Waals surface area (Å²) in [6.45, 7) is 0.658. The summed E-state index contributed by atoms with van der Waals surface area (Å²) in [6, 6.07) is 11.7. The Morgan fingerprint density at radius 3 is 2.30 bits per heavy atom. The van der Waals surface area contributed by atoms with Crippen LogP contribution in [0.25, 0.3) is 0 Å². The molecule has 0 spiro atoms. The Morgan fingerprint density at radius 1 is 1.04 bits per heavy atom. The Bertz CT molecular complexity index is 937. The van der Waals surface area contributed by atoms with Crippen molar-refractivity contribution in [1.82, 2.24) is 4.90 Å². The van der Waals surface area contributed by atoms with Crippen LogP contribution in [-0.4, -0.2) is 46.2 Å². The molecule has 1 heterocycles. The van der Waals surface area contributed by atoms with Gasteiger partial charge in [0.05, 0.1) is 25.2 Å². The summed E-state index contributed by atoms with van der Waals surface area (Å²) in [7, 11) is -0.111. The van der Waals surface area contributed by atoms with Crippen molar-refractivity contribution in [3.8, 4) is 11.5 Å². The fourth-order valence-electron chi connectivity index (χ4n) is 3.43. The van der Waals surface area contributed by atoms with E-state index in [0.717, 1.165) is 24.7 Å². The molecule has 1 aliphatic rings. The first-order valence-corrected chi connectivity index (χ1v) is 10.6. The van der Waals surface area contributed by atoms with E-state index in [1.54, 1.807) is 26.4 Å². The number of ether oxygens (including phenoxy) is 2. The Kier molecular flexibility index (Phi) is 5.41. The first-order valence-electron chi connectivity index (χ1n) is 8.68. The van der Waals surface area contributed by atoms with E-state index in [0.29, 0.717) is 23.6 Å². The lowest BCUT2D eigenvalue weighted by atomic mass is 10.0. The van der Waals surface area contributed by atoms with E-state index in [-0.39, 0.29) is 16.8 Å². The summed E-state index contributed by atoms with van der Waals surface area (Å²) in [4.78, 5) is 15.0. The number of carbonyl (C=O) groups is 1. The van der Waals surface area contributed by atoms with Gasteiger partial charge in [0.1, 0.15) is 0 Å². The van der Waals surface area contributed by atoms with Crippen LogP contribution in [0.2, 0.25) is 0 Å². The minimum Gasteiger partial charge on any atom is -0.493 e. The lowest BCUT2D eigenvalue weighted by Gasteiger charge is -2.26. The van der Waals surface area contributed by atoms with Gasteiger partial charge in [-0.25, -0.2) is 8.42 Å². The minimum atomic E-state index is -3.28. The fourth-order valence-corrected chi connectivity index (χ4v) is 4.06. The van der Waals surface area contributed by atoms with E-state index >= 15 is 0 Å². The van der Waals surface area contributed by atoms with Crippen LogP contribution in [-0.2, 0) is 9.84 Å². The second kappa shape index (κ2) is 7.60. The van der Waals surface area contributed by atoms with E-state index in [4.69, 9.17) is 9.47 Å². The van der Waals surface area contributed by atoms with Gasteiger partial charge in [0, 0.05) is 18.4 Å². The van der Waals surface area contributed by atoms with Crippen molar-refractivity contribution >= 4 is 15.7 Å². The van der Waals surface area contributed by atoms with Gasteiger partial charge in [0.15, 0.2) is 21.3 Å². The molecule has 1 fully saturated rings. The van der Waals surface area contributed by atoms with Crippen LogP contribution in [0.15, 0.2) is 47.4 Å². The molecule has 0 bridgehead atoms. The van der Waals surface area contributed by atoms with E-state index in [1.165, 1.54) is 12.1 Å². The van der Waals surface area contributed by atoms with Gasteiger partial charge in [-0.05, 0) is 54.8 Å². The molecule has 1 amide bonds. The van der Waals surface area contributed by atoms with Gasteiger partial charge in [-0.1, -0.05) is 6.07 Å². The van der Waals surface area contributed by atoms with E-state index in [1.807, 2.05) is 23.1 Å². The van der Waals surface area contributed by atoms with Crippen LogP contribution < -0.4 is 9.47 Å². The van der Waals surface area contributed by atoms with Crippen LogP contribution >= 0.6 is 0 Å². The highest BCUT2D eigenvalue weighted by Gasteiger charge is 2.31. The highest BCUT2D eigenvalue weighted by atomic mass is 32.2. The van der Waals surface area contributed by atoms with Crippen molar-refractivity contribution in [3.63, 3.8) is 0 Å². The maximum atomic E-state index is 13.0. The van der Waals surface area contributed by atoms with Gasteiger partial charge >= 0.3 is 0 Å². The third-order valence-electron chi connectivity index (χ3n) is 4.84. The van der Waals surface area contributed by atoms with Crippen LogP contribution in [0.3, 0.4) is 0 Å². The number of sulfone groups is 1. The van der Waals surface area contributed by atoms with Crippen molar-refractivity contribution in [3.05, 3.63) is 53.6 Å². The van der Waals surface area contributed by atoms with E-state index in [2.05, 4.69) is 0 Å². The molecule has 7 heteroatoms. The number of likely N-dealkylation sites (tertiary alicyclic amines) is 1. The summed E-state index contributed by atoms with van der Waals surface area (Å²) in [5.74, 6) is 1.17. The van der Waals surface area contributed by atoms with Gasteiger partial charge < -0.3 is 14.4 Å². The molecule has 0 radical (unpaired) electrons. The number of hydrogen-bond acceptors (Lipinski definition) is 5. The summed E-state index contributed by atoms with van der Waals surface area (Å²) in [5, 5.41) is 0. The van der Waals surface area contributed by atoms with Gasteiger partial charge in [-0.3, -0.25) is 4.79 Å². The van der Waals surface area contributed by atoms with Crippen LogP contribution in [0, 0.1) is 0 Å². The van der Waals surface area contributed by atoms with Gasteiger partial charge in [-0.15, -0.1) is 0 Å². The molecule has 144 valence electrons. The zero-order chi connectivity index (χ0) is 19.6. The number of rotatable bonds is 5. The molecule has 0 saturated carbocycles. The zero-order valence-electron chi connectivity index (χ0n) is 15.6. The highest BCUT2D eigenvalue weighted by molar-refractivity contribution is 7.90. The fraction of sp³-hybridized carbons (Fsp3) is 0.350. The molecule has 2 aromatic rings. The second-order valence-electron chi connectivity index (χ2n) is 6.57. The van der Waals surface area contributed by atoms with Crippen molar-refractivity contribution in [1.29, 1.82) is 0 Å². The Hall–Kier alpha value is -2.54. The molecule has 1 unspecified atom stereocenters. The normalized spacial score (nSPS) is 17.0. The van der Waals surface area contributed by atoms with Crippen LogP contribution in [0.5, 0.6) is 11.5 Å². The number of nitrogens with zero attached hydrogens (tertiary/aromatic N) is 1. The first kappa shape index (κ1) is 19.2. The number of carbonyl (C=O) groups excluding carboxylic acids is 1. The maximum absolute atomic E-state index is 13.0. The molecule has 27 heavy (non-hydrogen) atoms. The van der Waals surface area contributed by atoms with Crippen LogP contribution in [0.1, 0.15) is 34.8 Å². The molecule has 0 aliphatic carbocycles. The Balaban J connectivity index is 1.87. The van der Waals surface area contributed by atoms with Gasteiger partial charge in [0.2, 0.25) is 0 Å². The smallest absolute Gasteiger partial charge is 0.254 e. The van der Waals surface area contributed by atoms with Crippen molar-refractivity contribution < 1.29 is 22.7 Å². The number of benzene rings is 2. The highest BCUT2D eigenvalue weighted by Crippen LogP contribution is 2.37. The molecular formula is C20H23NO5S. The summed E-state index contributed by atoms with van der Waals surface area (Å²) < 4.78 is 33.9. The van der Waals surface area contributed by atoms with Crippen molar-refractivity contribution in [2.24, 2.45) is 0 Å². The second-order valence-corrected chi connectivity index (χ2v) is 8.58. The molecule has 1 aliphatic heterocycles. The molecule has 0 aromatic heterocycles. The van der Waals surface area contributed by atoms with E-state index < -0.39 is 9.84 Å². The largest absolute Gasteiger partial charge is 0.493 e. The summed E-state index contributed by atoms with van der Waals surface area (Å²) in [5.41, 5.74) is 1.47. The maximum Gasteiger partial charge on any atom is 0.254 e. The zero-order valence-corrected chi connectivity index (χ0v) is 16.5. The first-order chi connectivity index (χ1) is 12.8. The van der Waals surface area contributed by atoms with E-state index in [9.17, 15) is 13.2 Å². The quantitative estimate of drug-likeness (QED) is 0.786. The molecule has 1 atom stereocenters. The van der Waals surface area contributed by atoms with Gasteiger partial charge in [-0.2, -0.15) is 0 Å². The van der Waals surface area contributed by atoms with Crippen molar-refractivity contribution in [2.45, 2.75) is 23.8 Å². The predicted molar refractivity (Wildman–Crippen MR) is 102 cm³/mol. The molecule has 2 aromatic carbocycles. The summed E-state index contributed by atoms with van der Waals surface area (Å²) >= 11 is 0. The third kappa shape index (κ3) is 3.93. The average Bonchev–Trinajstić information content (AvgIpc) is 3.16. The van der Waals surface area contributed by atoms with Crippen LogP contribution in [0.4, 0.5) is 0 Å². The molecule has 0 N–H and O–H groups in total. The lowest BCUT2D eigenvalue weighted by Crippen LogP contribution is -2.30. The predicted octanol–water partition coefficient (Wildman–Crippen LogP) is 3.08. The monoisotopic (exact) mass is 389 g/mol. The van der Waals surface area contributed by atoms with Crippen molar-refractivity contribution in [2.75, 3.05) is 27.0 Å². The standard InChI is InChI=1S/C20H23NO5S/c1-25-18-11-8-15(13-19(18)26-2)17-5-4-12-21(17)20(22)14-6-9-16(10-7-14)27(3,23)24/h6-11,13,17H,4-5,12H2,1-3H3. The molecule has 1 saturated heterocycles. The average molecular weight is 389 g/mol. The minimum absolute atomic E-state index is 0.0492.